The van der Waals surface area contributed by atoms with E-state index in [0.717, 1.165) is 11.1 Å². The molecule has 0 saturated heterocycles. The van der Waals surface area contributed by atoms with Crippen LogP contribution in [0, 0.1) is 10.1 Å². The highest BCUT2D eigenvalue weighted by molar-refractivity contribution is 5.88. The number of carbonyl (C=O) groups is 2. The zero-order valence-corrected chi connectivity index (χ0v) is 18.0. The monoisotopic (exact) mass is 431 g/mol. The molecule has 32 heavy (non-hydrogen) atoms. The molecular formula is C25H25N3O4. The lowest BCUT2D eigenvalue weighted by atomic mass is 10.0. The summed E-state index contributed by atoms with van der Waals surface area (Å²) in [7, 11) is 0. The first-order valence-corrected chi connectivity index (χ1v) is 10.3. The fourth-order valence-corrected chi connectivity index (χ4v) is 3.58. The van der Waals surface area contributed by atoms with Gasteiger partial charge in [-0.3, -0.25) is 19.7 Å². The SMILES string of the molecule is CC(=O)Nc1cccc(C(C)N(Cc2ccccc2)C(=O)Cc2ccccc2[N+](=O)[O-])c1. The number of hydrogen-bond acceptors (Lipinski definition) is 4. The number of rotatable bonds is 8. The maximum atomic E-state index is 13.4. The summed E-state index contributed by atoms with van der Waals surface area (Å²) in [5, 5.41) is 14.2. The molecule has 0 fully saturated rings. The number of amides is 2. The van der Waals surface area contributed by atoms with E-state index in [2.05, 4.69) is 5.32 Å². The maximum absolute atomic E-state index is 13.4. The van der Waals surface area contributed by atoms with Gasteiger partial charge in [0.25, 0.3) is 5.69 Å². The first-order chi connectivity index (χ1) is 15.3. The first-order valence-electron chi connectivity index (χ1n) is 10.3. The lowest BCUT2D eigenvalue weighted by molar-refractivity contribution is -0.385. The van der Waals surface area contributed by atoms with E-state index in [4.69, 9.17) is 0 Å². The number of nitrogens with one attached hydrogen (secondary N) is 1. The zero-order valence-electron chi connectivity index (χ0n) is 18.0. The molecule has 7 nitrogen and oxygen atoms in total. The topological polar surface area (TPSA) is 92.6 Å². The van der Waals surface area contributed by atoms with Gasteiger partial charge in [-0.2, -0.15) is 0 Å². The molecule has 0 saturated carbocycles. The van der Waals surface area contributed by atoms with Crippen LogP contribution in [0.1, 0.15) is 36.6 Å². The summed E-state index contributed by atoms with van der Waals surface area (Å²) < 4.78 is 0. The Hall–Kier alpha value is -4.00. The molecule has 3 aromatic rings. The number of benzene rings is 3. The molecule has 1 unspecified atom stereocenters. The van der Waals surface area contributed by atoms with Crippen molar-refractivity contribution < 1.29 is 14.5 Å². The van der Waals surface area contributed by atoms with Gasteiger partial charge in [0.1, 0.15) is 0 Å². The van der Waals surface area contributed by atoms with Crippen LogP contribution in [-0.4, -0.2) is 21.6 Å². The number of nitro groups is 1. The Kier molecular flexibility index (Phi) is 7.33. The molecule has 1 N–H and O–H groups in total. The van der Waals surface area contributed by atoms with Gasteiger partial charge in [-0.25, -0.2) is 0 Å². The van der Waals surface area contributed by atoms with E-state index < -0.39 is 4.92 Å². The third kappa shape index (κ3) is 5.78. The van der Waals surface area contributed by atoms with Crippen molar-refractivity contribution in [3.05, 3.63) is 106 Å². The normalized spacial score (nSPS) is 11.4. The predicted molar refractivity (Wildman–Crippen MR) is 123 cm³/mol. The minimum absolute atomic E-state index is 0.0687. The van der Waals surface area contributed by atoms with Gasteiger partial charge in [-0.15, -0.1) is 0 Å². The Morgan fingerprint density at radius 2 is 1.69 bits per heavy atom. The van der Waals surface area contributed by atoms with E-state index in [-0.39, 0.29) is 30.0 Å². The second-order valence-electron chi connectivity index (χ2n) is 7.55. The minimum atomic E-state index is -0.468. The van der Waals surface area contributed by atoms with Crippen LogP contribution >= 0.6 is 0 Å². The Bertz CT molecular complexity index is 1110. The van der Waals surface area contributed by atoms with E-state index in [9.17, 15) is 19.7 Å². The van der Waals surface area contributed by atoms with Crippen molar-refractivity contribution in [1.29, 1.82) is 0 Å². The van der Waals surface area contributed by atoms with Gasteiger partial charge >= 0.3 is 0 Å². The van der Waals surface area contributed by atoms with E-state index in [1.54, 1.807) is 29.2 Å². The molecule has 0 spiro atoms. The lowest BCUT2D eigenvalue weighted by Crippen LogP contribution is -2.34. The van der Waals surface area contributed by atoms with Crippen molar-refractivity contribution in [2.24, 2.45) is 0 Å². The van der Waals surface area contributed by atoms with Crippen molar-refractivity contribution in [2.75, 3.05) is 5.32 Å². The summed E-state index contributed by atoms with van der Waals surface area (Å²) in [5.41, 5.74) is 2.75. The molecule has 0 aliphatic carbocycles. The van der Waals surface area contributed by atoms with Crippen LogP contribution in [0.4, 0.5) is 11.4 Å². The van der Waals surface area contributed by atoms with Crippen LogP contribution in [0.15, 0.2) is 78.9 Å². The van der Waals surface area contributed by atoms with Crippen LogP contribution in [0.25, 0.3) is 0 Å². The van der Waals surface area contributed by atoms with E-state index >= 15 is 0 Å². The Balaban J connectivity index is 1.92. The molecule has 164 valence electrons. The Morgan fingerprint density at radius 3 is 2.38 bits per heavy atom. The van der Waals surface area contributed by atoms with E-state index in [1.165, 1.54) is 13.0 Å². The molecule has 7 heteroatoms. The number of hydrogen-bond donors (Lipinski definition) is 1. The minimum Gasteiger partial charge on any atom is -0.331 e. The molecule has 0 aliphatic heterocycles. The first kappa shape index (κ1) is 22.7. The molecule has 0 bridgehead atoms. The van der Waals surface area contributed by atoms with Gasteiger partial charge in [0.05, 0.1) is 17.4 Å². The molecule has 0 radical (unpaired) electrons. The Morgan fingerprint density at radius 1 is 1.00 bits per heavy atom. The van der Waals surface area contributed by atoms with Crippen molar-refractivity contribution in [3.63, 3.8) is 0 Å². The number of nitro benzene ring substituents is 1. The second-order valence-corrected chi connectivity index (χ2v) is 7.55. The van der Waals surface area contributed by atoms with Gasteiger partial charge in [-0.1, -0.05) is 60.7 Å². The summed E-state index contributed by atoms with van der Waals surface area (Å²) in [4.78, 5) is 37.5. The number of para-hydroxylation sites is 1. The fourth-order valence-electron chi connectivity index (χ4n) is 3.58. The van der Waals surface area contributed by atoms with Crippen molar-refractivity contribution in [1.82, 2.24) is 4.90 Å². The van der Waals surface area contributed by atoms with E-state index in [1.807, 2.05) is 55.5 Å². The molecular weight excluding hydrogens is 406 g/mol. The zero-order chi connectivity index (χ0) is 23.1. The van der Waals surface area contributed by atoms with Gasteiger partial charge in [0.15, 0.2) is 0 Å². The van der Waals surface area contributed by atoms with Crippen LogP contribution in [0.5, 0.6) is 0 Å². The highest BCUT2D eigenvalue weighted by Gasteiger charge is 2.25. The van der Waals surface area contributed by atoms with Gasteiger partial charge < -0.3 is 10.2 Å². The van der Waals surface area contributed by atoms with Crippen LogP contribution in [-0.2, 0) is 22.6 Å². The third-order valence-electron chi connectivity index (χ3n) is 5.20. The summed E-state index contributed by atoms with van der Waals surface area (Å²) >= 11 is 0. The summed E-state index contributed by atoms with van der Waals surface area (Å²) in [5.74, 6) is -0.399. The molecule has 1 atom stereocenters. The summed E-state index contributed by atoms with van der Waals surface area (Å²) in [6, 6.07) is 22.9. The predicted octanol–water partition coefficient (Wildman–Crippen LogP) is 4.89. The maximum Gasteiger partial charge on any atom is 0.273 e. The standard InChI is InChI=1S/C25H25N3O4/c1-18(21-12-8-13-23(15-21)26-19(2)29)27(17-20-9-4-3-5-10-20)25(30)16-22-11-6-7-14-24(22)28(31)32/h3-15,18H,16-17H2,1-2H3,(H,26,29). The highest BCUT2D eigenvalue weighted by atomic mass is 16.6. The molecule has 3 aromatic carbocycles. The number of anilines is 1. The van der Waals surface area contributed by atoms with Crippen molar-refractivity contribution >= 4 is 23.2 Å². The van der Waals surface area contributed by atoms with Crippen molar-refractivity contribution in [3.8, 4) is 0 Å². The largest absolute Gasteiger partial charge is 0.331 e. The van der Waals surface area contributed by atoms with Crippen LogP contribution in [0.2, 0.25) is 0 Å². The van der Waals surface area contributed by atoms with Crippen molar-refractivity contribution in [2.45, 2.75) is 32.9 Å². The van der Waals surface area contributed by atoms with E-state index in [0.29, 0.717) is 17.8 Å². The molecule has 2 amide bonds. The third-order valence-corrected chi connectivity index (χ3v) is 5.20. The molecule has 0 aromatic heterocycles. The quantitative estimate of drug-likeness (QED) is 0.406. The fraction of sp³-hybridized carbons (Fsp3) is 0.200. The summed E-state index contributed by atoms with van der Waals surface area (Å²) in [6.45, 7) is 3.70. The smallest absolute Gasteiger partial charge is 0.273 e. The summed E-state index contributed by atoms with van der Waals surface area (Å²) in [6.07, 6.45) is -0.0836. The van der Waals surface area contributed by atoms with Gasteiger partial charge in [0, 0.05) is 30.8 Å². The van der Waals surface area contributed by atoms with Gasteiger partial charge in [0.2, 0.25) is 11.8 Å². The highest BCUT2D eigenvalue weighted by Crippen LogP contribution is 2.27. The van der Waals surface area contributed by atoms with Crippen LogP contribution in [0.3, 0.4) is 0 Å². The average Bonchev–Trinajstić information content (AvgIpc) is 2.77. The average molecular weight is 431 g/mol. The molecule has 0 heterocycles. The number of carbonyl (C=O) groups excluding carboxylic acids is 2. The molecule has 0 aliphatic rings. The van der Waals surface area contributed by atoms with Gasteiger partial charge in [-0.05, 0) is 30.2 Å². The lowest BCUT2D eigenvalue weighted by Gasteiger charge is -2.30. The number of nitrogens with zero attached hydrogens (tertiary/aromatic N) is 2. The Labute approximate surface area is 186 Å². The second kappa shape index (κ2) is 10.3. The molecule has 3 rings (SSSR count). The van der Waals surface area contributed by atoms with Crippen LogP contribution < -0.4 is 5.32 Å².